The van der Waals surface area contributed by atoms with Crippen molar-refractivity contribution in [1.29, 1.82) is 0 Å². The number of rotatable bonds is 4. The normalized spacial score (nSPS) is 10.9. The maximum absolute atomic E-state index is 12.4. The molecule has 1 N–H and O–H groups in total. The van der Waals surface area contributed by atoms with Gasteiger partial charge in [0.05, 0.1) is 6.54 Å². The fourth-order valence-electron chi connectivity index (χ4n) is 2.74. The number of carbonyl (C=O) groups excluding carboxylic acids is 1. The van der Waals surface area contributed by atoms with Gasteiger partial charge in [-0.1, -0.05) is 53.2 Å². The Hall–Kier alpha value is -3.67. The summed E-state index contributed by atoms with van der Waals surface area (Å²) in [5.41, 5.74) is 2.48. The number of hydrogen-bond donors (Lipinski definition) is 1. The number of fused-ring (bicyclic) bond motifs is 1. The Labute approximate surface area is 154 Å². The summed E-state index contributed by atoms with van der Waals surface area (Å²) in [5.74, 6) is -0.0353. The molecular weight excluding hydrogens is 344 g/mol. The Morgan fingerprint density at radius 2 is 1.85 bits per heavy atom. The lowest BCUT2D eigenvalue weighted by molar-refractivity contribution is 0.0943. The number of aromatic nitrogens is 1. The molecule has 134 valence electrons. The third kappa shape index (κ3) is 3.50. The first-order valence-corrected chi connectivity index (χ1v) is 8.44. The molecule has 0 fully saturated rings. The number of nitrogens with zero attached hydrogens (tertiary/aromatic N) is 1. The second-order valence-corrected chi connectivity index (χ2v) is 6.21. The van der Waals surface area contributed by atoms with Gasteiger partial charge in [0.2, 0.25) is 0 Å². The van der Waals surface area contributed by atoms with Crippen molar-refractivity contribution in [1.82, 2.24) is 10.5 Å². The van der Waals surface area contributed by atoms with Crippen LogP contribution in [0.5, 0.6) is 0 Å². The quantitative estimate of drug-likeness (QED) is 0.561. The fourth-order valence-corrected chi connectivity index (χ4v) is 2.74. The first kappa shape index (κ1) is 16.8. The summed E-state index contributed by atoms with van der Waals surface area (Å²) in [5, 5.41) is 7.36. The van der Waals surface area contributed by atoms with Gasteiger partial charge in [0, 0.05) is 17.0 Å². The molecule has 2 heterocycles. The van der Waals surface area contributed by atoms with Crippen LogP contribution in [0, 0.1) is 6.92 Å². The van der Waals surface area contributed by atoms with Crippen molar-refractivity contribution in [3.8, 4) is 11.3 Å². The van der Waals surface area contributed by atoms with Gasteiger partial charge in [-0.25, -0.2) is 4.79 Å². The van der Waals surface area contributed by atoms with E-state index in [0.29, 0.717) is 22.4 Å². The van der Waals surface area contributed by atoms with E-state index in [-0.39, 0.29) is 12.1 Å². The van der Waals surface area contributed by atoms with Gasteiger partial charge in [0.1, 0.15) is 16.8 Å². The molecule has 2 aromatic carbocycles. The summed E-state index contributed by atoms with van der Waals surface area (Å²) in [4.78, 5) is 24.4. The Balaban J connectivity index is 1.49. The van der Waals surface area contributed by atoms with Crippen molar-refractivity contribution in [3.63, 3.8) is 0 Å². The number of nitrogens with one attached hydrogen (secondary N) is 1. The zero-order valence-electron chi connectivity index (χ0n) is 14.6. The molecule has 0 saturated carbocycles. The van der Waals surface area contributed by atoms with Gasteiger partial charge in [0.25, 0.3) is 5.91 Å². The lowest BCUT2D eigenvalue weighted by Crippen LogP contribution is -2.27. The van der Waals surface area contributed by atoms with Crippen molar-refractivity contribution < 1.29 is 13.7 Å². The van der Waals surface area contributed by atoms with Crippen molar-refractivity contribution in [3.05, 3.63) is 88.0 Å². The highest BCUT2D eigenvalue weighted by Crippen LogP contribution is 2.19. The van der Waals surface area contributed by atoms with E-state index < -0.39 is 11.5 Å². The number of aryl methyl sites for hydroxylation is 1. The highest BCUT2D eigenvalue weighted by atomic mass is 16.5. The van der Waals surface area contributed by atoms with Gasteiger partial charge < -0.3 is 14.3 Å². The van der Waals surface area contributed by atoms with Gasteiger partial charge in [-0.05, 0) is 19.1 Å². The average molecular weight is 360 g/mol. The van der Waals surface area contributed by atoms with E-state index in [1.54, 1.807) is 24.3 Å². The smallest absolute Gasteiger partial charge is 0.349 e. The Morgan fingerprint density at radius 3 is 2.67 bits per heavy atom. The number of carbonyl (C=O) groups is 1. The molecule has 0 atom stereocenters. The Morgan fingerprint density at radius 1 is 1.07 bits per heavy atom. The third-order valence-corrected chi connectivity index (χ3v) is 4.22. The van der Waals surface area contributed by atoms with E-state index in [4.69, 9.17) is 8.94 Å². The monoisotopic (exact) mass is 360 g/mol. The van der Waals surface area contributed by atoms with Crippen LogP contribution in [0.2, 0.25) is 0 Å². The summed E-state index contributed by atoms with van der Waals surface area (Å²) < 4.78 is 10.5. The maximum Gasteiger partial charge on any atom is 0.349 e. The lowest BCUT2D eigenvalue weighted by atomic mass is 10.1. The summed E-state index contributed by atoms with van der Waals surface area (Å²) in [6.45, 7) is 2.13. The molecule has 0 aliphatic heterocycles. The van der Waals surface area contributed by atoms with Gasteiger partial charge in [-0.3, -0.25) is 4.79 Å². The largest absolute Gasteiger partial charge is 0.422 e. The molecule has 6 heteroatoms. The average Bonchev–Trinajstić information content (AvgIpc) is 3.15. The molecule has 0 unspecified atom stereocenters. The van der Waals surface area contributed by atoms with E-state index in [1.807, 2.05) is 37.3 Å². The zero-order chi connectivity index (χ0) is 18.8. The molecule has 0 radical (unpaired) electrons. The van der Waals surface area contributed by atoms with Crippen LogP contribution in [-0.2, 0) is 6.54 Å². The molecule has 0 bridgehead atoms. The van der Waals surface area contributed by atoms with Crippen molar-refractivity contribution in [2.75, 3.05) is 0 Å². The van der Waals surface area contributed by atoms with Crippen LogP contribution in [0.4, 0.5) is 0 Å². The van der Waals surface area contributed by atoms with Crippen LogP contribution in [0.15, 0.2) is 74.4 Å². The predicted molar refractivity (Wildman–Crippen MR) is 100 cm³/mol. The summed E-state index contributed by atoms with van der Waals surface area (Å²) in [6, 6.07) is 18.2. The van der Waals surface area contributed by atoms with Gasteiger partial charge in [-0.2, -0.15) is 0 Å². The molecule has 2 aromatic heterocycles. The van der Waals surface area contributed by atoms with Gasteiger partial charge in [-0.15, -0.1) is 0 Å². The van der Waals surface area contributed by atoms with E-state index >= 15 is 0 Å². The molecule has 27 heavy (non-hydrogen) atoms. The van der Waals surface area contributed by atoms with Crippen LogP contribution >= 0.6 is 0 Å². The molecule has 0 saturated heterocycles. The molecule has 4 rings (SSSR count). The first-order chi connectivity index (χ1) is 13.1. The summed E-state index contributed by atoms with van der Waals surface area (Å²) in [7, 11) is 0. The van der Waals surface area contributed by atoms with E-state index in [9.17, 15) is 9.59 Å². The predicted octanol–water partition coefficient (Wildman–Crippen LogP) is 3.69. The molecule has 0 aliphatic rings. The Kier molecular flexibility index (Phi) is 4.30. The van der Waals surface area contributed by atoms with E-state index in [0.717, 1.165) is 11.1 Å². The van der Waals surface area contributed by atoms with Crippen LogP contribution in [-0.4, -0.2) is 11.1 Å². The minimum absolute atomic E-state index is 0.0491. The molecular formula is C21H16N2O4. The molecule has 4 aromatic rings. The minimum atomic E-state index is -0.677. The van der Waals surface area contributed by atoms with Crippen LogP contribution in [0.25, 0.3) is 22.2 Å². The fraction of sp³-hybridized carbons (Fsp3) is 0.0952. The van der Waals surface area contributed by atoms with Gasteiger partial charge >= 0.3 is 5.63 Å². The minimum Gasteiger partial charge on any atom is -0.422 e. The molecule has 6 nitrogen and oxygen atoms in total. The zero-order valence-corrected chi connectivity index (χ0v) is 14.6. The first-order valence-electron chi connectivity index (χ1n) is 8.44. The van der Waals surface area contributed by atoms with E-state index in [2.05, 4.69) is 10.5 Å². The summed E-state index contributed by atoms with van der Waals surface area (Å²) in [6.07, 6.45) is 0. The topological polar surface area (TPSA) is 85.3 Å². The highest BCUT2D eigenvalue weighted by molar-refractivity contribution is 5.96. The number of benzene rings is 2. The maximum atomic E-state index is 12.4. The molecule has 0 spiro atoms. The number of para-hydroxylation sites is 1. The van der Waals surface area contributed by atoms with Crippen molar-refractivity contribution >= 4 is 16.9 Å². The van der Waals surface area contributed by atoms with Crippen LogP contribution in [0.3, 0.4) is 0 Å². The Bertz CT molecular complexity index is 1170. The lowest BCUT2D eigenvalue weighted by Gasteiger charge is -2.03. The van der Waals surface area contributed by atoms with Crippen molar-refractivity contribution in [2.24, 2.45) is 0 Å². The SMILES string of the molecule is Cc1ccc(-c2cc(CNC(=O)c3cc4ccccc4oc3=O)on2)cc1. The summed E-state index contributed by atoms with van der Waals surface area (Å²) >= 11 is 0. The van der Waals surface area contributed by atoms with Gasteiger partial charge in [0.15, 0.2) is 5.76 Å². The van der Waals surface area contributed by atoms with Crippen molar-refractivity contribution in [2.45, 2.75) is 13.5 Å². The van der Waals surface area contributed by atoms with E-state index in [1.165, 1.54) is 6.07 Å². The molecule has 1 amide bonds. The highest BCUT2D eigenvalue weighted by Gasteiger charge is 2.14. The number of amides is 1. The standard InChI is InChI=1S/C21H16N2O4/c1-13-6-8-14(9-7-13)18-11-16(27-23-18)12-22-20(24)17-10-15-4-2-3-5-19(15)26-21(17)25/h2-11H,12H2,1H3,(H,22,24). The number of hydrogen-bond acceptors (Lipinski definition) is 5. The van der Waals surface area contributed by atoms with Crippen LogP contribution < -0.4 is 10.9 Å². The molecule has 0 aliphatic carbocycles. The second kappa shape index (κ2) is 6.92. The second-order valence-electron chi connectivity index (χ2n) is 6.21. The third-order valence-electron chi connectivity index (χ3n) is 4.22. The van der Waals surface area contributed by atoms with Crippen LogP contribution in [0.1, 0.15) is 21.7 Å².